The van der Waals surface area contributed by atoms with Crippen LogP contribution in [-0.2, 0) is 85.8 Å². The second-order valence-corrected chi connectivity index (χ2v) is 27.9. The summed E-state index contributed by atoms with van der Waals surface area (Å²) in [5.41, 5.74) is 11.7. The van der Waals surface area contributed by atoms with Gasteiger partial charge in [0.2, 0.25) is 0 Å². The van der Waals surface area contributed by atoms with Gasteiger partial charge in [-0.25, -0.2) is 0 Å². The van der Waals surface area contributed by atoms with Crippen molar-refractivity contribution in [2.75, 3.05) is 0 Å². The second kappa shape index (κ2) is 42.3. The van der Waals surface area contributed by atoms with Gasteiger partial charge in [-0.05, 0) is 118 Å². The zero-order valence-electron chi connectivity index (χ0n) is 91.3. The SMILES string of the molecule is [2H]c1nc(-c2[c-]ccc([N+]#[C-])c2)n(-c2c(-c3c([2H])c([2H])c([2H])c([2H])c3[2H])c([2H])c([2H])c([2H])c2-c2c([2H])c([2H])c([2H])c([2H])c2[2H])c1[2H].[2H]c1nc(-c2[c-]ccc([N+]#[C-])c2)n(-c2c(-c3ccccc3)cc(C)cc2-c2ccccc2)c1[2H].[2H]c1nc(-c2[c-]ccc([N+]#[C-])c2)n(-c2c(C([2H])([2H])[2H])cc(C(C)(C)C)cc2C([2H])([2H])[2H])c1[2H].[C-]#[N+]c1cc[c-]c(-c2nccn2-c2c(-c3ccccc3)cc(C)cc2-c2ccccc2)c1.[Ir].[Ir].[Ir].[Ir]. The predicted octanol–water partition coefficient (Wildman–Crippen LogP) is 28.1. The Morgan fingerprint density at radius 1 is 0.331 bits per heavy atom. The third-order valence-corrected chi connectivity index (χ3v) is 19.0. The normalized spacial score (nSPS) is 13.5. The number of aromatic nitrogens is 8. The van der Waals surface area contributed by atoms with Crippen LogP contribution in [0.1, 0.15) is 82.9 Å². The topological polar surface area (TPSA) is 88.7 Å². The molecule has 0 amide bonds. The summed E-state index contributed by atoms with van der Waals surface area (Å²) in [5.74, 6) is 0.849. The molecule has 4 aromatic heterocycles. The number of nitrogens with zero attached hydrogens (tertiary/aromatic N) is 12. The minimum Gasteiger partial charge on any atom is -0.340 e. The van der Waals surface area contributed by atoms with Gasteiger partial charge in [-0.15, -0.1) is 95.1 Å². The maximum Gasteiger partial charge on any atom is 0.109 e. The largest absolute Gasteiger partial charge is 0.340 e. The quantitative estimate of drug-likeness (QED) is 0.101. The van der Waals surface area contributed by atoms with Crippen molar-refractivity contribution in [1.82, 2.24) is 38.2 Å². The fourth-order valence-corrected chi connectivity index (χ4v) is 13.5. The molecule has 0 spiro atoms. The Bertz CT molecular complexity index is 8040. The van der Waals surface area contributed by atoms with Gasteiger partial charge in [0.15, 0.2) is 0 Å². The third kappa shape index (κ3) is 20.6. The molecule has 0 N–H and O–H groups in total. The van der Waals surface area contributed by atoms with Crippen LogP contribution in [0.2, 0.25) is 0 Å². The van der Waals surface area contributed by atoms with Crippen molar-refractivity contribution in [3.05, 3.63) is 456 Å². The van der Waals surface area contributed by atoms with Gasteiger partial charge >= 0.3 is 0 Å². The van der Waals surface area contributed by atoms with Gasteiger partial charge in [-0.3, -0.25) is 39.3 Å². The van der Waals surface area contributed by atoms with Crippen molar-refractivity contribution in [1.29, 1.82) is 0 Å². The Morgan fingerprint density at radius 3 is 0.935 bits per heavy atom. The number of hydrogen-bond donors (Lipinski definition) is 0. The first-order chi connectivity index (χ1) is 68.9. The number of rotatable bonds is 14. The number of hydrogen-bond acceptors (Lipinski definition) is 4. The molecule has 4 heterocycles. The Labute approximate surface area is 815 Å². The monoisotopic (exact) mass is 2340 g/mol. The molecule has 12 nitrogen and oxygen atoms in total. The average molecular weight is 2340 g/mol. The van der Waals surface area contributed by atoms with Crippen molar-refractivity contribution in [2.24, 2.45) is 0 Å². The first-order valence-electron chi connectivity index (χ1n) is 49.7. The van der Waals surface area contributed by atoms with Gasteiger partial charge in [0, 0.05) is 177 Å². The zero-order valence-corrected chi connectivity index (χ0v) is 75.9. The predicted molar refractivity (Wildman–Crippen MR) is 487 cm³/mol. The molecule has 18 aromatic rings. The molecular formula is C108H80Ir4N12-4. The van der Waals surface area contributed by atoms with Crippen molar-refractivity contribution in [3.63, 3.8) is 0 Å². The van der Waals surface area contributed by atoms with E-state index in [1.54, 1.807) is 41.1 Å². The molecular weight excluding hydrogens is 2230 g/mol. The molecule has 0 fully saturated rings. The molecule has 0 saturated heterocycles. The van der Waals surface area contributed by atoms with Crippen LogP contribution in [-0.4, -0.2) is 38.2 Å². The summed E-state index contributed by atoms with van der Waals surface area (Å²) in [6, 6.07) is 72.8. The summed E-state index contributed by atoms with van der Waals surface area (Å²) >= 11 is 0. The van der Waals surface area contributed by atoms with E-state index in [1.165, 1.54) is 54.1 Å². The number of para-hydroxylation sites is 1. The van der Waals surface area contributed by atoms with E-state index in [0.717, 1.165) is 82.0 Å². The van der Waals surface area contributed by atoms with E-state index in [1.807, 2.05) is 106 Å². The van der Waals surface area contributed by atoms with Crippen molar-refractivity contribution in [2.45, 2.75) is 53.7 Å². The number of imidazole rings is 4. The van der Waals surface area contributed by atoms with Crippen LogP contribution in [0.25, 0.3) is 154 Å². The Kier molecular flexibility index (Phi) is 21.4. The Morgan fingerprint density at radius 2 is 0.629 bits per heavy atom. The second-order valence-electron chi connectivity index (χ2n) is 27.9. The van der Waals surface area contributed by atoms with Crippen LogP contribution in [0.15, 0.2) is 359 Å². The van der Waals surface area contributed by atoms with Crippen LogP contribution in [0.4, 0.5) is 22.7 Å². The molecule has 0 bridgehead atoms. The molecule has 0 atom stereocenters. The van der Waals surface area contributed by atoms with Gasteiger partial charge in [-0.2, -0.15) is 24.3 Å². The smallest absolute Gasteiger partial charge is 0.109 e. The van der Waals surface area contributed by atoms with Crippen LogP contribution in [0, 0.1) is 78.1 Å². The summed E-state index contributed by atoms with van der Waals surface area (Å²) in [5, 5.41) is 0. The Balaban J connectivity index is 0.000000189. The van der Waals surface area contributed by atoms with Gasteiger partial charge < -0.3 is 18.3 Å². The first kappa shape index (κ1) is 62.6. The molecule has 0 aliphatic heterocycles. The molecule has 0 aliphatic rings. The summed E-state index contributed by atoms with van der Waals surface area (Å²) < 4.78 is 216. The van der Waals surface area contributed by atoms with E-state index < -0.39 is 150 Å². The van der Waals surface area contributed by atoms with E-state index in [4.69, 9.17) is 60.6 Å². The molecule has 4 radical (unpaired) electrons. The van der Waals surface area contributed by atoms with E-state index in [-0.39, 0.29) is 144 Å². The summed E-state index contributed by atoms with van der Waals surface area (Å²) in [6.07, 6.45) is 1.31. The molecule has 612 valence electrons. The average Bonchev–Trinajstić information content (AvgIpc) is 1.71. The van der Waals surface area contributed by atoms with Crippen LogP contribution < -0.4 is 0 Å². The minimum absolute atomic E-state index is 0. The molecule has 0 unspecified atom stereocenters. The van der Waals surface area contributed by atoms with E-state index in [9.17, 15) is 0 Å². The fraction of sp³-hybridized carbons (Fsp3) is 0.0741. The standard InChI is InChI=1S/2C29H20N3.C28H18N3.C22H22N3.4Ir/c2*1-21-18-26(22-10-5-3-6-11-22)28(27(19-21)23-12-7-4-8-13-23)32-17-16-31-29(32)24-14-9-15-25(20-24)30-2;1-29-24-15-8-14-23(20-24)28-30-18-19-31(28)27-25(21-10-4-2-5-11-21)16-9-17-26(27)22-12-6-3-7-13-22;1-15-12-18(22(3,4)5)13-16(2)20(15)25-11-10-24-21(25)17-8-7-9-19(14-17)23-6;;;;/h2*3-13,15-20H,1H3;2-13,15-20H;7,9-14H,1-5H3;;;;/q4*-1;;;;/i16D,17D;;2D,3D,4D,5D,6D,7D,9D,10D,11D,12D,13D,16D,17D,18D,19D;1D3,2D3,10D,11D;;;;. The molecule has 0 aliphatic carbocycles. The summed E-state index contributed by atoms with van der Waals surface area (Å²) in [6.45, 7) is 33.7. The van der Waals surface area contributed by atoms with Gasteiger partial charge in [0.25, 0.3) is 0 Å². The van der Waals surface area contributed by atoms with E-state index in [0.29, 0.717) is 28.3 Å². The van der Waals surface area contributed by atoms with Crippen LogP contribution >= 0.6 is 0 Å². The number of benzene rings is 14. The maximum atomic E-state index is 8.92. The van der Waals surface area contributed by atoms with E-state index in [2.05, 4.69) is 155 Å². The van der Waals surface area contributed by atoms with E-state index >= 15 is 0 Å². The molecule has 18 rings (SSSR count). The Hall–Kier alpha value is -13.5. The number of aryl methyl sites for hydroxylation is 4. The van der Waals surface area contributed by atoms with Crippen LogP contribution in [0.5, 0.6) is 0 Å². The third-order valence-electron chi connectivity index (χ3n) is 19.0. The zero-order chi connectivity index (χ0) is 105. The molecule has 16 heteroatoms. The van der Waals surface area contributed by atoms with Gasteiger partial charge in [0.05, 0.1) is 92.7 Å². The van der Waals surface area contributed by atoms with Crippen molar-refractivity contribution >= 4 is 22.7 Å². The summed E-state index contributed by atoms with van der Waals surface area (Å²) in [7, 11) is 0. The van der Waals surface area contributed by atoms with Crippen molar-refractivity contribution < 1.29 is 115 Å². The molecule has 14 aromatic carbocycles. The van der Waals surface area contributed by atoms with Crippen molar-refractivity contribution in [3.8, 4) is 135 Å². The minimum atomic E-state index is -2.71. The molecule has 124 heavy (non-hydrogen) atoms. The summed E-state index contributed by atoms with van der Waals surface area (Å²) in [4.78, 5) is 31.1. The fourth-order valence-electron chi connectivity index (χ4n) is 13.5. The molecule has 0 saturated carbocycles. The first-order valence-corrected chi connectivity index (χ1v) is 37.2. The van der Waals surface area contributed by atoms with Gasteiger partial charge in [-0.1, -0.05) is 233 Å². The van der Waals surface area contributed by atoms with Crippen LogP contribution in [0.3, 0.4) is 0 Å². The van der Waals surface area contributed by atoms with Gasteiger partial charge in [0.1, 0.15) is 22.7 Å². The maximum absolute atomic E-state index is 8.92.